The van der Waals surface area contributed by atoms with E-state index in [1.165, 1.54) is 69.3 Å². The summed E-state index contributed by atoms with van der Waals surface area (Å²) in [5, 5.41) is 14.3. The number of aliphatic carboxylic acids is 1. The molecule has 0 aliphatic carbocycles. The fraction of sp³-hybridized carbons (Fsp3) is 0.868. The van der Waals surface area contributed by atoms with Crippen LogP contribution in [0.4, 0.5) is 0 Å². The minimum atomic E-state index is -1.09. The zero-order valence-electron chi connectivity index (χ0n) is 32.6. The van der Waals surface area contributed by atoms with Crippen molar-refractivity contribution in [3.63, 3.8) is 0 Å². The number of amides is 2. The number of thioether (sulfide) groups is 1. The number of carboxylic acid groups (broad SMARTS) is 1. The molecule has 1 atom stereocenters. The third-order valence-electron chi connectivity index (χ3n) is 7.56. The van der Waals surface area contributed by atoms with Gasteiger partial charge in [-0.1, -0.05) is 58.3 Å². The van der Waals surface area contributed by atoms with Crippen LogP contribution in [0, 0.1) is 0 Å². The SMILES string of the molecule is CCCCCCCCSCCCCCCCC(=O)NCCOCCOCC(=O)CCCOCCOCC(=O)NC(CCC(=O)O)C(=O)OC(C)(C)C. The average molecular weight is 763 g/mol. The first-order chi connectivity index (χ1) is 24.9. The Labute approximate surface area is 317 Å². The number of hydrogen-bond donors (Lipinski definition) is 3. The number of carbonyl (C=O) groups excluding carboxylic acids is 4. The van der Waals surface area contributed by atoms with E-state index in [1.807, 2.05) is 0 Å². The summed E-state index contributed by atoms with van der Waals surface area (Å²) in [4.78, 5) is 59.4. The molecule has 0 fully saturated rings. The first-order valence-corrected chi connectivity index (χ1v) is 20.5. The van der Waals surface area contributed by atoms with E-state index in [2.05, 4.69) is 29.3 Å². The quantitative estimate of drug-likeness (QED) is 0.0525. The highest BCUT2D eigenvalue weighted by Gasteiger charge is 2.27. The predicted molar refractivity (Wildman–Crippen MR) is 204 cm³/mol. The summed E-state index contributed by atoms with van der Waals surface area (Å²) in [6.45, 7) is 9.10. The van der Waals surface area contributed by atoms with Crippen molar-refractivity contribution in [3.05, 3.63) is 0 Å². The second kappa shape index (κ2) is 34.5. The van der Waals surface area contributed by atoms with Gasteiger partial charge in [0.15, 0.2) is 5.78 Å². The fourth-order valence-corrected chi connectivity index (χ4v) is 5.84. The minimum Gasteiger partial charge on any atom is -0.481 e. The predicted octanol–water partition coefficient (Wildman–Crippen LogP) is 5.64. The lowest BCUT2D eigenvalue weighted by atomic mass is 10.1. The number of ether oxygens (including phenoxy) is 5. The zero-order valence-corrected chi connectivity index (χ0v) is 33.4. The van der Waals surface area contributed by atoms with Gasteiger partial charge in [-0.2, -0.15) is 11.8 Å². The smallest absolute Gasteiger partial charge is 0.329 e. The summed E-state index contributed by atoms with van der Waals surface area (Å²) in [7, 11) is 0. The number of esters is 1. The van der Waals surface area contributed by atoms with Crippen molar-refractivity contribution in [3.8, 4) is 0 Å². The van der Waals surface area contributed by atoms with Crippen LogP contribution in [0.1, 0.15) is 130 Å². The molecule has 1 unspecified atom stereocenters. The fourth-order valence-electron chi connectivity index (χ4n) is 4.82. The van der Waals surface area contributed by atoms with Crippen molar-refractivity contribution in [2.45, 2.75) is 142 Å². The van der Waals surface area contributed by atoms with Gasteiger partial charge in [-0.3, -0.25) is 19.2 Å². The lowest BCUT2D eigenvalue weighted by Crippen LogP contribution is -2.45. The second-order valence-electron chi connectivity index (χ2n) is 13.8. The topological polar surface area (TPSA) is 176 Å². The van der Waals surface area contributed by atoms with Gasteiger partial charge in [0.2, 0.25) is 11.8 Å². The van der Waals surface area contributed by atoms with E-state index in [0.717, 1.165) is 12.8 Å². The van der Waals surface area contributed by atoms with Gasteiger partial charge in [0.25, 0.3) is 0 Å². The molecular weight excluding hydrogens is 692 g/mol. The second-order valence-corrected chi connectivity index (χ2v) is 15.0. The summed E-state index contributed by atoms with van der Waals surface area (Å²) in [5.41, 5.74) is -0.781. The standard InChI is InChI=1S/C38H70N2O11S/c1-5-6-7-8-11-14-28-52-29-15-12-9-10-13-18-34(42)39-21-23-48-25-26-49-30-32(41)17-16-22-47-24-27-50-31-35(43)40-33(19-20-36(44)45)37(46)51-38(2,3)4/h33H,5-31H2,1-4H3,(H,39,42)(H,40,43)(H,44,45). The van der Waals surface area contributed by atoms with Crippen LogP contribution in [-0.2, 0) is 47.7 Å². The number of carbonyl (C=O) groups is 5. The van der Waals surface area contributed by atoms with E-state index in [1.54, 1.807) is 20.8 Å². The van der Waals surface area contributed by atoms with E-state index in [0.29, 0.717) is 45.6 Å². The van der Waals surface area contributed by atoms with Gasteiger partial charge in [-0.25, -0.2) is 4.79 Å². The van der Waals surface area contributed by atoms with Gasteiger partial charge in [-0.05, 0) is 64.4 Å². The molecule has 3 N–H and O–H groups in total. The highest BCUT2D eigenvalue weighted by atomic mass is 32.2. The van der Waals surface area contributed by atoms with Crippen molar-refractivity contribution in [1.82, 2.24) is 10.6 Å². The number of ketones is 1. The lowest BCUT2D eigenvalue weighted by Gasteiger charge is -2.24. The molecule has 13 nitrogen and oxygen atoms in total. The van der Waals surface area contributed by atoms with Crippen LogP contribution in [0.2, 0.25) is 0 Å². The monoisotopic (exact) mass is 762 g/mol. The molecule has 0 bridgehead atoms. The van der Waals surface area contributed by atoms with Crippen molar-refractivity contribution in [1.29, 1.82) is 0 Å². The number of nitrogens with one attached hydrogen (secondary N) is 2. The van der Waals surface area contributed by atoms with Crippen LogP contribution < -0.4 is 10.6 Å². The lowest BCUT2D eigenvalue weighted by molar-refractivity contribution is -0.159. The maximum absolute atomic E-state index is 12.3. The van der Waals surface area contributed by atoms with E-state index in [9.17, 15) is 24.0 Å². The molecule has 0 aromatic rings. The van der Waals surface area contributed by atoms with Crippen LogP contribution in [0.25, 0.3) is 0 Å². The number of hydrogen-bond acceptors (Lipinski definition) is 11. The van der Waals surface area contributed by atoms with Crippen LogP contribution >= 0.6 is 11.8 Å². The molecular formula is C38H70N2O11S. The molecule has 0 spiro atoms. The molecule has 0 saturated heterocycles. The summed E-state index contributed by atoms with van der Waals surface area (Å²) in [6.07, 6.45) is 14.8. The van der Waals surface area contributed by atoms with E-state index < -0.39 is 29.5 Å². The molecule has 304 valence electrons. The molecule has 0 aromatic heterocycles. The molecule has 14 heteroatoms. The highest BCUT2D eigenvalue weighted by molar-refractivity contribution is 7.99. The summed E-state index contributed by atoms with van der Waals surface area (Å²) in [5.74, 6) is 0.179. The third kappa shape index (κ3) is 36.1. The number of Topliss-reactive ketones (excluding diaryl/α,β-unsaturated/α-hetero) is 1. The molecule has 0 heterocycles. The molecule has 2 amide bonds. The molecule has 0 aromatic carbocycles. The summed E-state index contributed by atoms with van der Waals surface area (Å²) >= 11 is 2.08. The maximum Gasteiger partial charge on any atom is 0.329 e. The van der Waals surface area contributed by atoms with Crippen LogP contribution in [0.5, 0.6) is 0 Å². The van der Waals surface area contributed by atoms with Crippen LogP contribution in [0.3, 0.4) is 0 Å². The Morgan fingerprint density at radius 2 is 1.21 bits per heavy atom. The van der Waals surface area contributed by atoms with Crippen molar-refractivity contribution in [2.24, 2.45) is 0 Å². The summed E-state index contributed by atoms with van der Waals surface area (Å²) in [6, 6.07) is -1.09. The molecule has 0 radical (unpaired) electrons. The number of unbranched alkanes of at least 4 members (excludes halogenated alkanes) is 9. The van der Waals surface area contributed by atoms with Crippen LogP contribution in [-0.4, -0.2) is 117 Å². The van der Waals surface area contributed by atoms with E-state index in [-0.39, 0.29) is 57.6 Å². The highest BCUT2D eigenvalue weighted by Crippen LogP contribution is 2.14. The molecule has 0 aliphatic rings. The summed E-state index contributed by atoms with van der Waals surface area (Å²) < 4.78 is 26.8. The van der Waals surface area contributed by atoms with Gasteiger partial charge in [-0.15, -0.1) is 0 Å². The van der Waals surface area contributed by atoms with Gasteiger partial charge in [0.1, 0.15) is 24.9 Å². The largest absolute Gasteiger partial charge is 0.481 e. The maximum atomic E-state index is 12.3. The van der Waals surface area contributed by atoms with Gasteiger partial charge >= 0.3 is 11.9 Å². The van der Waals surface area contributed by atoms with Gasteiger partial charge in [0, 0.05) is 32.4 Å². The first-order valence-electron chi connectivity index (χ1n) is 19.4. The molecule has 0 rings (SSSR count). The van der Waals surface area contributed by atoms with E-state index in [4.69, 9.17) is 28.8 Å². The van der Waals surface area contributed by atoms with Gasteiger partial charge in [0.05, 0.1) is 33.0 Å². The Kier molecular flexibility index (Phi) is 33.0. The molecule has 0 saturated carbocycles. The van der Waals surface area contributed by atoms with Crippen molar-refractivity contribution < 1.29 is 52.8 Å². The van der Waals surface area contributed by atoms with Crippen molar-refractivity contribution >= 4 is 41.3 Å². The Bertz CT molecular complexity index is 946. The van der Waals surface area contributed by atoms with Crippen LogP contribution in [0.15, 0.2) is 0 Å². The normalized spacial score (nSPS) is 12.0. The Balaban J connectivity index is 3.59. The van der Waals surface area contributed by atoms with E-state index >= 15 is 0 Å². The Morgan fingerprint density at radius 3 is 1.85 bits per heavy atom. The Hall–Kier alpha value is -2.26. The minimum absolute atomic E-state index is 0.00684. The van der Waals surface area contributed by atoms with Gasteiger partial charge < -0.3 is 39.4 Å². The number of rotatable bonds is 37. The first kappa shape index (κ1) is 49.7. The Morgan fingerprint density at radius 1 is 0.635 bits per heavy atom. The zero-order chi connectivity index (χ0) is 38.7. The molecule has 52 heavy (non-hydrogen) atoms. The molecule has 0 aliphatic heterocycles. The van der Waals surface area contributed by atoms with Crippen molar-refractivity contribution in [2.75, 3.05) is 70.9 Å². The third-order valence-corrected chi connectivity index (χ3v) is 8.72. The average Bonchev–Trinajstić information content (AvgIpc) is 3.08. The number of carboxylic acids is 1.